The molecule has 0 atom stereocenters. The van der Waals surface area contributed by atoms with E-state index >= 15 is 0 Å². The fourth-order valence-corrected chi connectivity index (χ4v) is 3.80. The molecule has 0 spiro atoms. The van der Waals surface area contributed by atoms with Crippen molar-refractivity contribution >= 4 is 11.6 Å². The Bertz CT molecular complexity index is 606. The van der Waals surface area contributed by atoms with Crippen LogP contribution in [-0.4, -0.2) is 56.2 Å². The molecule has 27 heavy (non-hydrogen) atoms. The normalized spacial score (nSPS) is 18.9. The van der Waals surface area contributed by atoms with Crippen molar-refractivity contribution in [3.63, 3.8) is 0 Å². The number of aliphatic imine (C=N–C) groups is 1. The summed E-state index contributed by atoms with van der Waals surface area (Å²) in [5.41, 5.74) is 2.54. The second kappa shape index (κ2) is 10.4. The monoisotopic (exact) mass is 369 g/mol. The summed E-state index contributed by atoms with van der Waals surface area (Å²) in [4.78, 5) is 9.75. The van der Waals surface area contributed by atoms with Gasteiger partial charge in [0, 0.05) is 44.5 Å². The van der Waals surface area contributed by atoms with Gasteiger partial charge in [-0.05, 0) is 50.4 Å². The Morgan fingerprint density at radius 2 is 1.78 bits per heavy atom. The summed E-state index contributed by atoms with van der Waals surface area (Å²) in [6.45, 7) is 11.6. The van der Waals surface area contributed by atoms with E-state index < -0.39 is 0 Å². The van der Waals surface area contributed by atoms with Crippen molar-refractivity contribution in [2.45, 2.75) is 45.7 Å². The zero-order chi connectivity index (χ0) is 18.9. The Balaban J connectivity index is 1.51. The smallest absolute Gasteiger partial charge is 0.191 e. The van der Waals surface area contributed by atoms with Crippen LogP contribution in [-0.2, 0) is 6.54 Å². The molecule has 0 amide bonds. The van der Waals surface area contributed by atoms with Crippen LogP contribution in [0.3, 0.4) is 0 Å². The summed E-state index contributed by atoms with van der Waals surface area (Å²) in [6.07, 6.45) is 8.08. The highest BCUT2D eigenvalue weighted by atomic mass is 15.2. The van der Waals surface area contributed by atoms with Crippen molar-refractivity contribution in [2.75, 3.05) is 44.2 Å². The average molecular weight is 370 g/mol. The summed E-state index contributed by atoms with van der Waals surface area (Å²) in [5, 5.41) is 7.04. The molecule has 2 heterocycles. The number of anilines is 1. The SMILES string of the molecule is CCCN1CCC(NC(=NCc2ccc(N3CC=CC3)cc2)NCC)CC1. The standard InChI is InChI=1S/C22H35N5/c1-3-13-26-16-11-20(12-17-26)25-22(23-4-2)24-18-19-7-9-21(10-8-19)27-14-5-6-15-27/h5-10,20H,3-4,11-18H2,1-2H3,(H2,23,24,25). The summed E-state index contributed by atoms with van der Waals surface area (Å²) >= 11 is 0. The van der Waals surface area contributed by atoms with Crippen molar-refractivity contribution in [3.8, 4) is 0 Å². The van der Waals surface area contributed by atoms with E-state index in [0.29, 0.717) is 12.6 Å². The zero-order valence-electron chi connectivity index (χ0n) is 17.0. The summed E-state index contributed by atoms with van der Waals surface area (Å²) in [6, 6.07) is 9.35. The van der Waals surface area contributed by atoms with E-state index in [1.807, 2.05) is 0 Å². The van der Waals surface area contributed by atoms with Gasteiger partial charge in [0.1, 0.15) is 0 Å². The number of likely N-dealkylation sites (tertiary alicyclic amines) is 1. The van der Waals surface area contributed by atoms with Crippen molar-refractivity contribution in [2.24, 2.45) is 4.99 Å². The molecule has 0 saturated carbocycles. The van der Waals surface area contributed by atoms with E-state index in [1.54, 1.807) is 0 Å². The number of hydrogen-bond acceptors (Lipinski definition) is 3. The van der Waals surface area contributed by atoms with Crippen LogP contribution in [0.15, 0.2) is 41.4 Å². The van der Waals surface area contributed by atoms with Crippen LogP contribution >= 0.6 is 0 Å². The lowest BCUT2D eigenvalue weighted by molar-refractivity contribution is 0.206. The molecule has 3 rings (SSSR count). The highest BCUT2D eigenvalue weighted by molar-refractivity contribution is 5.80. The van der Waals surface area contributed by atoms with Crippen molar-refractivity contribution < 1.29 is 0 Å². The molecule has 2 N–H and O–H groups in total. The van der Waals surface area contributed by atoms with Gasteiger partial charge in [0.25, 0.3) is 0 Å². The van der Waals surface area contributed by atoms with Gasteiger partial charge >= 0.3 is 0 Å². The van der Waals surface area contributed by atoms with E-state index in [2.05, 4.69) is 70.7 Å². The van der Waals surface area contributed by atoms with Gasteiger partial charge < -0.3 is 20.4 Å². The Hall–Kier alpha value is -2.01. The lowest BCUT2D eigenvalue weighted by Gasteiger charge is -2.32. The molecule has 0 unspecified atom stereocenters. The highest BCUT2D eigenvalue weighted by Crippen LogP contribution is 2.18. The number of nitrogens with zero attached hydrogens (tertiary/aromatic N) is 3. The molecule has 5 heteroatoms. The third-order valence-corrected chi connectivity index (χ3v) is 5.35. The fraction of sp³-hybridized carbons (Fsp3) is 0.591. The minimum absolute atomic E-state index is 0.529. The predicted molar refractivity (Wildman–Crippen MR) is 115 cm³/mol. The molecule has 1 aromatic carbocycles. The van der Waals surface area contributed by atoms with Gasteiger partial charge in [0.15, 0.2) is 5.96 Å². The maximum Gasteiger partial charge on any atom is 0.191 e. The molecule has 1 aromatic rings. The minimum Gasteiger partial charge on any atom is -0.364 e. The van der Waals surface area contributed by atoms with E-state index in [4.69, 9.17) is 4.99 Å². The van der Waals surface area contributed by atoms with Crippen LogP contribution in [0.4, 0.5) is 5.69 Å². The number of rotatable bonds is 7. The quantitative estimate of drug-likeness (QED) is 0.441. The van der Waals surface area contributed by atoms with E-state index in [-0.39, 0.29) is 0 Å². The predicted octanol–water partition coefficient (Wildman–Crippen LogP) is 2.99. The largest absolute Gasteiger partial charge is 0.364 e. The molecule has 1 fully saturated rings. The summed E-state index contributed by atoms with van der Waals surface area (Å²) in [7, 11) is 0. The van der Waals surface area contributed by atoms with Gasteiger partial charge in [-0.3, -0.25) is 0 Å². The molecule has 0 bridgehead atoms. The molecule has 0 aliphatic carbocycles. The lowest BCUT2D eigenvalue weighted by Crippen LogP contribution is -2.48. The number of guanidine groups is 1. The first-order valence-electron chi connectivity index (χ1n) is 10.5. The first-order valence-corrected chi connectivity index (χ1v) is 10.5. The number of nitrogens with one attached hydrogen (secondary N) is 2. The van der Waals surface area contributed by atoms with Gasteiger partial charge in [-0.25, -0.2) is 4.99 Å². The van der Waals surface area contributed by atoms with Crippen LogP contribution in [0.1, 0.15) is 38.7 Å². The second-order valence-corrected chi connectivity index (χ2v) is 7.50. The molecule has 0 aromatic heterocycles. The second-order valence-electron chi connectivity index (χ2n) is 7.50. The van der Waals surface area contributed by atoms with Crippen molar-refractivity contribution in [1.82, 2.24) is 15.5 Å². The maximum absolute atomic E-state index is 4.82. The molecular formula is C22H35N5. The summed E-state index contributed by atoms with van der Waals surface area (Å²) < 4.78 is 0. The molecule has 1 saturated heterocycles. The van der Waals surface area contributed by atoms with Gasteiger partial charge in [-0.15, -0.1) is 0 Å². The summed E-state index contributed by atoms with van der Waals surface area (Å²) in [5.74, 6) is 0.944. The lowest BCUT2D eigenvalue weighted by atomic mass is 10.1. The minimum atomic E-state index is 0.529. The number of benzene rings is 1. The first-order chi connectivity index (χ1) is 13.3. The van der Waals surface area contributed by atoms with E-state index in [1.165, 1.54) is 50.1 Å². The van der Waals surface area contributed by atoms with E-state index in [9.17, 15) is 0 Å². The van der Waals surface area contributed by atoms with Crippen LogP contribution in [0.5, 0.6) is 0 Å². The third-order valence-electron chi connectivity index (χ3n) is 5.35. The number of hydrogen-bond donors (Lipinski definition) is 2. The van der Waals surface area contributed by atoms with Crippen LogP contribution < -0.4 is 15.5 Å². The van der Waals surface area contributed by atoms with Gasteiger partial charge in [-0.1, -0.05) is 31.2 Å². The Kier molecular flexibility index (Phi) is 7.57. The molecule has 2 aliphatic rings. The van der Waals surface area contributed by atoms with Crippen LogP contribution in [0.2, 0.25) is 0 Å². The fourth-order valence-electron chi connectivity index (χ4n) is 3.80. The first kappa shape index (κ1) is 19.7. The van der Waals surface area contributed by atoms with Crippen LogP contribution in [0.25, 0.3) is 0 Å². The number of piperidine rings is 1. The van der Waals surface area contributed by atoms with E-state index in [0.717, 1.165) is 25.6 Å². The molecule has 0 radical (unpaired) electrons. The van der Waals surface area contributed by atoms with Crippen molar-refractivity contribution in [1.29, 1.82) is 0 Å². The van der Waals surface area contributed by atoms with Crippen molar-refractivity contribution in [3.05, 3.63) is 42.0 Å². The van der Waals surface area contributed by atoms with Gasteiger partial charge in [0.2, 0.25) is 0 Å². The highest BCUT2D eigenvalue weighted by Gasteiger charge is 2.19. The molecule has 2 aliphatic heterocycles. The third kappa shape index (κ3) is 5.99. The van der Waals surface area contributed by atoms with Gasteiger partial charge in [-0.2, -0.15) is 0 Å². The average Bonchev–Trinajstić information content (AvgIpc) is 3.23. The van der Waals surface area contributed by atoms with Gasteiger partial charge in [0.05, 0.1) is 6.54 Å². The topological polar surface area (TPSA) is 42.9 Å². The molecular weight excluding hydrogens is 334 g/mol. The Labute approximate surface area is 164 Å². The molecule has 5 nitrogen and oxygen atoms in total. The van der Waals surface area contributed by atoms with Crippen LogP contribution in [0, 0.1) is 0 Å². The Morgan fingerprint density at radius 3 is 2.41 bits per heavy atom. The molecule has 148 valence electrons. The Morgan fingerprint density at radius 1 is 1.07 bits per heavy atom. The zero-order valence-corrected chi connectivity index (χ0v) is 17.0. The maximum atomic E-state index is 4.82.